The molecule has 2 aromatic rings. The molecule has 1 fully saturated rings. The number of rotatable bonds is 7. The fraction of sp³-hybridized carbons (Fsp3) is 0.318. The van der Waals surface area contributed by atoms with E-state index in [1.165, 1.54) is 18.2 Å². The van der Waals surface area contributed by atoms with Crippen LogP contribution in [0.15, 0.2) is 36.4 Å². The maximum Gasteiger partial charge on any atom is 0.325 e. The van der Waals surface area contributed by atoms with Gasteiger partial charge in [-0.05, 0) is 49.1 Å². The lowest BCUT2D eigenvalue weighted by molar-refractivity contribution is -0.384. The van der Waals surface area contributed by atoms with E-state index in [2.05, 4.69) is 10.6 Å². The van der Waals surface area contributed by atoms with Gasteiger partial charge in [-0.15, -0.1) is 0 Å². The minimum atomic E-state index is -1.30. The standard InChI is InChI=1S/C22H24N4O6/c1-5-22(15-7-9-18(32-4)14(3)10-15)20(28)25(21(29)24-22)12-19(27)23-17-11-16(26(30)31)8-6-13(17)2/h6-11H,5,12H2,1-4H3,(H,23,27)(H,24,29). The molecule has 0 radical (unpaired) electrons. The van der Waals surface area contributed by atoms with E-state index < -0.39 is 34.9 Å². The molecule has 1 heterocycles. The second-order valence-electron chi connectivity index (χ2n) is 7.57. The molecule has 1 aliphatic heterocycles. The van der Waals surface area contributed by atoms with Crippen LogP contribution in [0.2, 0.25) is 0 Å². The molecule has 1 unspecified atom stereocenters. The van der Waals surface area contributed by atoms with Gasteiger partial charge in [0.1, 0.15) is 17.8 Å². The van der Waals surface area contributed by atoms with Gasteiger partial charge in [0, 0.05) is 12.1 Å². The Bertz CT molecular complexity index is 1120. The molecule has 1 atom stereocenters. The van der Waals surface area contributed by atoms with Gasteiger partial charge in [0.25, 0.3) is 11.6 Å². The predicted molar refractivity (Wildman–Crippen MR) is 116 cm³/mol. The summed E-state index contributed by atoms with van der Waals surface area (Å²) in [6.07, 6.45) is 0.283. The number of methoxy groups -OCH3 is 1. The van der Waals surface area contributed by atoms with Gasteiger partial charge < -0.3 is 15.4 Å². The highest BCUT2D eigenvalue weighted by Gasteiger charge is 2.51. The van der Waals surface area contributed by atoms with Gasteiger partial charge in [-0.2, -0.15) is 0 Å². The summed E-state index contributed by atoms with van der Waals surface area (Å²) in [6, 6.07) is 8.60. The highest BCUT2D eigenvalue weighted by molar-refractivity contribution is 6.10. The van der Waals surface area contributed by atoms with Gasteiger partial charge in [-0.25, -0.2) is 4.79 Å². The first-order valence-corrected chi connectivity index (χ1v) is 9.97. The minimum absolute atomic E-state index is 0.180. The second kappa shape index (κ2) is 8.66. The van der Waals surface area contributed by atoms with Crippen molar-refractivity contribution in [3.8, 4) is 5.75 Å². The normalized spacial score (nSPS) is 17.8. The Labute approximate surface area is 184 Å². The zero-order chi connectivity index (χ0) is 23.6. The van der Waals surface area contributed by atoms with E-state index in [0.717, 1.165) is 10.5 Å². The van der Waals surface area contributed by atoms with Crippen molar-refractivity contribution in [1.29, 1.82) is 0 Å². The number of nitro benzene ring substituents is 1. The van der Waals surface area contributed by atoms with Gasteiger partial charge in [-0.1, -0.05) is 19.1 Å². The van der Waals surface area contributed by atoms with E-state index in [1.807, 2.05) is 6.92 Å². The number of anilines is 1. The molecule has 4 amide bonds. The molecule has 3 rings (SSSR count). The van der Waals surface area contributed by atoms with Crippen LogP contribution >= 0.6 is 0 Å². The quantitative estimate of drug-likeness (QED) is 0.387. The van der Waals surface area contributed by atoms with Crippen molar-refractivity contribution in [2.24, 2.45) is 0 Å². The summed E-state index contributed by atoms with van der Waals surface area (Å²) in [6.45, 7) is 4.76. The maximum atomic E-state index is 13.3. The Morgan fingerprint density at radius 3 is 2.50 bits per heavy atom. The smallest absolute Gasteiger partial charge is 0.325 e. The van der Waals surface area contributed by atoms with Gasteiger partial charge >= 0.3 is 6.03 Å². The van der Waals surface area contributed by atoms with E-state index in [1.54, 1.807) is 39.2 Å². The number of hydrogen-bond acceptors (Lipinski definition) is 6. The molecule has 1 aliphatic rings. The number of hydrogen-bond donors (Lipinski definition) is 2. The van der Waals surface area contributed by atoms with Crippen molar-refractivity contribution in [3.63, 3.8) is 0 Å². The Morgan fingerprint density at radius 1 is 1.19 bits per heavy atom. The minimum Gasteiger partial charge on any atom is -0.496 e. The topological polar surface area (TPSA) is 131 Å². The first kappa shape index (κ1) is 22.7. The van der Waals surface area contributed by atoms with E-state index in [4.69, 9.17) is 4.74 Å². The van der Waals surface area contributed by atoms with Crippen LogP contribution in [0.4, 0.5) is 16.2 Å². The number of ether oxygens (including phenoxy) is 1. The van der Waals surface area contributed by atoms with Crippen LogP contribution in [0, 0.1) is 24.0 Å². The van der Waals surface area contributed by atoms with Gasteiger partial charge in [0.05, 0.1) is 17.7 Å². The first-order valence-electron chi connectivity index (χ1n) is 9.97. The SMILES string of the molecule is CCC1(c2ccc(OC)c(C)c2)NC(=O)N(CC(=O)Nc2cc([N+](=O)[O-])ccc2C)C1=O. The third-order valence-electron chi connectivity index (χ3n) is 5.60. The van der Waals surface area contributed by atoms with Crippen molar-refractivity contribution < 1.29 is 24.0 Å². The maximum absolute atomic E-state index is 13.3. The summed E-state index contributed by atoms with van der Waals surface area (Å²) in [5.74, 6) is -0.532. The van der Waals surface area contributed by atoms with Crippen LogP contribution in [-0.2, 0) is 15.1 Å². The average molecular weight is 440 g/mol. The van der Waals surface area contributed by atoms with Crippen LogP contribution in [-0.4, -0.2) is 41.3 Å². The molecule has 168 valence electrons. The van der Waals surface area contributed by atoms with Crippen LogP contribution in [0.5, 0.6) is 5.75 Å². The summed E-state index contributed by atoms with van der Waals surface area (Å²) in [5.41, 5.74) is 0.768. The van der Waals surface area contributed by atoms with E-state index in [0.29, 0.717) is 16.9 Å². The molecule has 32 heavy (non-hydrogen) atoms. The molecule has 0 bridgehead atoms. The van der Waals surface area contributed by atoms with Crippen molar-refractivity contribution in [1.82, 2.24) is 10.2 Å². The summed E-state index contributed by atoms with van der Waals surface area (Å²) in [4.78, 5) is 49.8. The van der Waals surface area contributed by atoms with E-state index in [9.17, 15) is 24.5 Å². The van der Waals surface area contributed by atoms with Crippen LogP contribution < -0.4 is 15.4 Å². The Hall–Kier alpha value is -3.95. The highest BCUT2D eigenvalue weighted by atomic mass is 16.6. The number of nitrogens with one attached hydrogen (secondary N) is 2. The fourth-order valence-electron chi connectivity index (χ4n) is 3.74. The number of carbonyl (C=O) groups excluding carboxylic acids is 3. The molecule has 10 nitrogen and oxygen atoms in total. The summed E-state index contributed by atoms with van der Waals surface area (Å²) < 4.78 is 5.26. The molecule has 1 saturated heterocycles. The average Bonchev–Trinajstić information content (AvgIpc) is 3.00. The lowest BCUT2D eigenvalue weighted by Crippen LogP contribution is -2.44. The van der Waals surface area contributed by atoms with Gasteiger partial charge in [0.15, 0.2) is 0 Å². The van der Waals surface area contributed by atoms with Crippen molar-refractivity contribution in [2.75, 3.05) is 19.0 Å². The van der Waals surface area contributed by atoms with Gasteiger partial charge in [-0.3, -0.25) is 24.6 Å². The molecule has 2 aromatic carbocycles. The third-order valence-corrected chi connectivity index (χ3v) is 5.60. The molecule has 10 heteroatoms. The zero-order valence-electron chi connectivity index (χ0n) is 18.2. The molecule has 0 spiro atoms. The Kier molecular flexibility index (Phi) is 6.15. The number of nitrogens with zero attached hydrogens (tertiary/aromatic N) is 2. The van der Waals surface area contributed by atoms with Crippen molar-refractivity contribution in [2.45, 2.75) is 32.7 Å². The summed E-state index contributed by atoms with van der Waals surface area (Å²) in [7, 11) is 1.55. The number of benzene rings is 2. The number of carbonyl (C=O) groups is 3. The first-order chi connectivity index (χ1) is 15.1. The van der Waals surface area contributed by atoms with Crippen molar-refractivity contribution >= 4 is 29.2 Å². The second-order valence-corrected chi connectivity index (χ2v) is 7.57. The third kappa shape index (κ3) is 3.98. The van der Waals surface area contributed by atoms with Gasteiger partial charge in [0.2, 0.25) is 5.91 Å². The lowest BCUT2D eigenvalue weighted by atomic mass is 9.86. The molecular formula is C22H24N4O6. The number of urea groups is 1. The fourth-order valence-corrected chi connectivity index (χ4v) is 3.74. The van der Waals surface area contributed by atoms with E-state index >= 15 is 0 Å². The Morgan fingerprint density at radius 2 is 1.91 bits per heavy atom. The largest absolute Gasteiger partial charge is 0.496 e. The molecular weight excluding hydrogens is 416 g/mol. The van der Waals surface area contributed by atoms with E-state index in [-0.39, 0.29) is 17.8 Å². The molecule has 0 aliphatic carbocycles. The predicted octanol–water partition coefficient (Wildman–Crippen LogP) is 3.02. The molecule has 0 aromatic heterocycles. The number of amides is 4. The van der Waals surface area contributed by atoms with Crippen LogP contribution in [0.1, 0.15) is 30.0 Å². The summed E-state index contributed by atoms with van der Waals surface area (Å²) >= 11 is 0. The lowest BCUT2D eigenvalue weighted by Gasteiger charge is -2.26. The van der Waals surface area contributed by atoms with Crippen molar-refractivity contribution in [3.05, 3.63) is 63.2 Å². The molecule has 2 N–H and O–H groups in total. The monoisotopic (exact) mass is 440 g/mol. The highest BCUT2D eigenvalue weighted by Crippen LogP contribution is 2.34. The number of nitro groups is 1. The molecule has 0 saturated carbocycles. The Balaban J connectivity index is 1.83. The number of aryl methyl sites for hydroxylation is 2. The van der Waals surface area contributed by atoms with Crippen LogP contribution in [0.3, 0.4) is 0 Å². The number of imide groups is 1. The van der Waals surface area contributed by atoms with Crippen LogP contribution in [0.25, 0.3) is 0 Å². The number of non-ortho nitro benzene ring substituents is 1. The summed E-state index contributed by atoms with van der Waals surface area (Å²) in [5, 5.41) is 16.3. The zero-order valence-corrected chi connectivity index (χ0v) is 18.2.